The third-order valence-corrected chi connectivity index (χ3v) is 0.825. The second-order valence-corrected chi connectivity index (χ2v) is 1.80. The SMILES string of the molecule is CC(N)C(=O)NCCO.Cl. The van der Waals surface area contributed by atoms with Crippen molar-refractivity contribution in [3.63, 3.8) is 0 Å². The lowest BCUT2D eigenvalue weighted by Crippen LogP contribution is -2.39. The lowest BCUT2D eigenvalue weighted by atomic mass is 10.3. The highest BCUT2D eigenvalue weighted by Crippen LogP contribution is 1.72. The van der Waals surface area contributed by atoms with Gasteiger partial charge in [0.1, 0.15) is 0 Å². The lowest BCUT2D eigenvalue weighted by Gasteiger charge is -2.04. The van der Waals surface area contributed by atoms with Crippen LogP contribution in [-0.4, -0.2) is 30.2 Å². The molecule has 0 aliphatic heterocycles. The first-order valence-electron chi connectivity index (χ1n) is 2.82. The summed E-state index contributed by atoms with van der Waals surface area (Å²) in [5.74, 6) is -0.232. The molecule has 0 aromatic carbocycles. The fraction of sp³-hybridized carbons (Fsp3) is 0.800. The number of rotatable bonds is 3. The number of hydrogen-bond acceptors (Lipinski definition) is 3. The van der Waals surface area contributed by atoms with Gasteiger partial charge in [-0.3, -0.25) is 4.79 Å². The molecule has 0 aromatic heterocycles. The summed E-state index contributed by atoms with van der Waals surface area (Å²) in [6.07, 6.45) is 0. The maximum absolute atomic E-state index is 10.6. The van der Waals surface area contributed by atoms with E-state index in [1.807, 2.05) is 0 Å². The Balaban J connectivity index is 0. The number of aliphatic hydroxyl groups excluding tert-OH is 1. The van der Waals surface area contributed by atoms with Gasteiger partial charge in [-0.1, -0.05) is 0 Å². The largest absolute Gasteiger partial charge is 0.395 e. The van der Waals surface area contributed by atoms with Gasteiger partial charge in [0.05, 0.1) is 12.6 Å². The highest BCUT2D eigenvalue weighted by molar-refractivity contribution is 5.85. The molecule has 0 fully saturated rings. The Bertz CT molecular complexity index is 97.6. The van der Waals surface area contributed by atoms with E-state index in [-0.39, 0.29) is 31.5 Å². The molecule has 4 N–H and O–H groups in total. The monoisotopic (exact) mass is 168 g/mol. The molecule has 0 rings (SSSR count). The maximum Gasteiger partial charge on any atom is 0.236 e. The van der Waals surface area contributed by atoms with Gasteiger partial charge in [-0.2, -0.15) is 0 Å². The Kier molecular flexibility index (Phi) is 8.40. The van der Waals surface area contributed by atoms with E-state index in [4.69, 9.17) is 10.8 Å². The molecule has 1 atom stereocenters. The molecule has 0 aliphatic carbocycles. The molecule has 0 aromatic rings. The van der Waals surface area contributed by atoms with E-state index < -0.39 is 6.04 Å². The van der Waals surface area contributed by atoms with Crippen LogP contribution in [0, 0.1) is 0 Å². The minimum absolute atomic E-state index is 0. The van der Waals surface area contributed by atoms with Crippen molar-refractivity contribution in [1.82, 2.24) is 5.32 Å². The summed E-state index contributed by atoms with van der Waals surface area (Å²) in [5, 5.41) is 10.7. The van der Waals surface area contributed by atoms with Crippen molar-refractivity contribution in [3.05, 3.63) is 0 Å². The number of nitrogens with two attached hydrogens (primary N) is 1. The second kappa shape index (κ2) is 6.80. The number of aliphatic hydroxyl groups is 1. The molecule has 0 radical (unpaired) electrons. The average molecular weight is 169 g/mol. The van der Waals surface area contributed by atoms with E-state index in [1.165, 1.54) is 0 Å². The van der Waals surface area contributed by atoms with E-state index in [0.29, 0.717) is 0 Å². The highest BCUT2D eigenvalue weighted by Gasteiger charge is 2.03. The third-order valence-electron chi connectivity index (χ3n) is 0.825. The molecular weight excluding hydrogens is 156 g/mol. The van der Waals surface area contributed by atoms with Crippen LogP contribution < -0.4 is 11.1 Å². The van der Waals surface area contributed by atoms with Gasteiger partial charge in [-0.25, -0.2) is 0 Å². The molecule has 0 saturated carbocycles. The summed E-state index contributed by atoms with van der Waals surface area (Å²) in [5.41, 5.74) is 5.18. The molecule has 10 heavy (non-hydrogen) atoms. The van der Waals surface area contributed by atoms with Gasteiger partial charge in [-0.05, 0) is 6.92 Å². The number of halogens is 1. The van der Waals surface area contributed by atoms with Crippen molar-refractivity contribution < 1.29 is 9.90 Å². The molecule has 5 heteroatoms. The fourth-order valence-corrected chi connectivity index (χ4v) is 0.340. The Labute approximate surface area is 66.2 Å². The van der Waals surface area contributed by atoms with Gasteiger partial charge in [0.15, 0.2) is 0 Å². The first-order valence-corrected chi connectivity index (χ1v) is 2.82. The molecule has 4 nitrogen and oxygen atoms in total. The van der Waals surface area contributed by atoms with Crippen molar-refractivity contribution in [3.8, 4) is 0 Å². The van der Waals surface area contributed by atoms with Gasteiger partial charge in [0.2, 0.25) is 5.91 Å². The van der Waals surface area contributed by atoms with E-state index >= 15 is 0 Å². The van der Waals surface area contributed by atoms with Crippen molar-refractivity contribution in [2.45, 2.75) is 13.0 Å². The normalized spacial score (nSPS) is 11.5. The average Bonchev–Trinajstić information content (AvgIpc) is 1.82. The Morgan fingerprint density at radius 1 is 1.80 bits per heavy atom. The minimum Gasteiger partial charge on any atom is -0.395 e. The molecule has 0 saturated heterocycles. The third kappa shape index (κ3) is 5.81. The van der Waals surface area contributed by atoms with Crippen LogP contribution in [0.2, 0.25) is 0 Å². The quantitative estimate of drug-likeness (QED) is 0.499. The Hall–Kier alpha value is -0.320. The van der Waals surface area contributed by atoms with Crippen molar-refractivity contribution >= 4 is 18.3 Å². The van der Waals surface area contributed by atoms with Gasteiger partial charge in [0, 0.05) is 6.54 Å². The number of hydrogen-bond donors (Lipinski definition) is 3. The number of carbonyl (C=O) groups is 1. The molecule has 0 aliphatic rings. The summed E-state index contributed by atoms with van der Waals surface area (Å²) >= 11 is 0. The maximum atomic E-state index is 10.6. The standard InChI is InChI=1S/C5H12N2O2.ClH/c1-4(6)5(9)7-2-3-8;/h4,8H,2-3,6H2,1H3,(H,7,9);1H. The number of nitrogens with one attached hydrogen (secondary N) is 1. The van der Waals surface area contributed by atoms with Crippen LogP contribution in [-0.2, 0) is 4.79 Å². The predicted octanol–water partition coefficient (Wildman–Crippen LogP) is -1.14. The van der Waals surface area contributed by atoms with Crippen molar-refractivity contribution in [2.75, 3.05) is 13.2 Å². The van der Waals surface area contributed by atoms with Gasteiger partial charge in [-0.15, -0.1) is 12.4 Å². The summed E-state index contributed by atoms with van der Waals surface area (Å²) in [4.78, 5) is 10.6. The van der Waals surface area contributed by atoms with Crippen LogP contribution >= 0.6 is 12.4 Å². The minimum atomic E-state index is -0.489. The Morgan fingerprint density at radius 3 is 2.60 bits per heavy atom. The molecule has 62 valence electrons. The van der Waals surface area contributed by atoms with Crippen LogP contribution in [0.25, 0.3) is 0 Å². The van der Waals surface area contributed by atoms with E-state index in [0.717, 1.165) is 0 Å². The summed E-state index contributed by atoms with van der Waals surface area (Å²) in [6.45, 7) is 1.82. The zero-order chi connectivity index (χ0) is 7.28. The van der Waals surface area contributed by atoms with Crippen molar-refractivity contribution in [1.29, 1.82) is 0 Å². The summed E-state index contributed by atoms with van der Waals surface area (Å²) in [7, 11) is 0. The van der Waals surface area contributed by atoms with Crippen LogP contribution in [0.15, 0.2) is 0 Å². The van der Waals surface area contributed by atoms with E-state index in [1.54, 1.807) is 6.92 Å². The van der Waals surface area contributed by atoms with Crippen LogP contribution in [0.1, 0.15) is 6.92 Å². The second-order valence-electron chi connectivity index (χ2n) is 1.80. The van der Waals surface area contributed by atoms with Gasteiger partial charge in [0.25, 0.3) is 0 Å². The number of amides is 1. The fourth-order valence-electron chi connectivity index (χ4n) is 0.340. The zero-order valence-electron chi connectivity index (χ0n) is 5.83. The smallest absolute Gasteiger partial charge is 0.236 e. The lowest BCUT2D eigenvalue weighted by molar-refractivity contribution is -0.122. The van der Waals surface area contributed by atoms with Crippen molar-refractivity contribution in [2.24, 2.45) is 5.73 Å². The van der Waals surface area contributed by atoms with E-state index in [9.17, 15) is 4.79 Å². The predicted molar refractivity (Wildman–Crippen MR) is 41.0 cm³/mol. The first-order chi connectivity index (χ1) is 4.18. The Morgan fingerprint density at radius 2 is 2.30 bits per heavy atom. The van der Waals surface area contributed by atoms with Crippen LogP contribution in [0.3, 0.4) is 0 Å². The zero-order valence-corrected chi connectivity index (χ0v) is 6.65. The number of carbonyl (C=O) groups excluding carboxylic acids is 1. The molecule has 1 unspecified atom stereocenters. The first kappa shape index (κ1) is 12.4. The van der Waals surface area contributed by atoms with Crippen LogP contribution in [0.4, 0.5) is 0 Å². The van der Waals surface area contributed by atoms with E-state index in [2.05, 4.69) is 5.32 Å². The molecule has 1 amide bonds. The summed E-state index contributed by atoms with van der Waals surface area (Å²) in [6, 6.07) is -0.489. The van der Waals surface area contributed by atoms with Gasteiger partial charge >= 0.3 is 0 Å². The van der Waals surface area contributed by atoms with Gasteiger partial charge < -0.3 is 16.2 Å². The topological polar surface area (TPSA) is 75.4 Å². The molecule has 0 bridgehead atoms. The van der Waals surface area contributed by atoms with Crippen LogP contribution in [0.5, 0.6) is 0 Å². The summed E-state index contributed by atoms with van der Waals surface area (Å²) < 4.78 is 0. The highest BCUT2D eigenvalue weighted by atomic mass is 35.5. The molecular formula is C5H13ClN2O2. The molecule has 0 heterocycles. The molecule has 0 spiro atoms.